The number of aromatic nitrogens is 1. The maximum Gasteiger partial charge on any atom is 0.335 e. The third kappa shape index (κ3) is 2.94. The number of carbonyl (C=O) groups is 1. The first-order valence-electron chi connectivity index (χ1n) is 5.47. The number of aryl methyl sites for hydroxylation is 1. The largest absolute Gasteiger partial charge is 0.478 e. The summed E-state index contributed by atoms with van der Waals surface area (Å²) >= 11 is 5.87. The minimum absolute atomic E-state index is 0.0235. The van der Waals surface area contributed by atoms with E-state index < -0.39 is 16.0 Å². The van der Waals surface area contributed by atoms with Gasteiger partial charge in [0.1, 0.15) is 4.90 Å². The number of hydrogen-bond acceptors (Lipinski definition) is 3. The van der Waals surface area contributed by atoms with Crippen molar-refractivity contribution >= 4 is 33.3 Å². The SMILES string of the molecule is Cn1ccc(S(=O)(=O)Nc2cc(C(=O)O)ccc2Cl)c1. The summed E-state index contributed by atoms with van der Waals surface area (Å²) in [5.41, 5.74) is -0.0319. The molecule has 8 heteroatoms. The topological polar surface area (TPSA) is 88.4 Å². The summed E-state index contributed by atoms with van der Waals surface area (Å²) in [6, 6.07) is 5.22. The number of hydrogen-bond donors (Lipinski definition) is 2. The molecule has 2 N–H and O–H groups in total. The Morgan fingerprint density at radius 1 is 1.35 bits per heavy atom. The molecule has 1 aromatic heterocycles. The van der Waals surface area contributed by atoms with E-state index in [-0.39, 0.29) is 21.2 Å². The average molecular weight is 315 g/mol. The van der Waals surface area contributed by atoms with E-state index >= 15 is 0 Å². The van der Waals surface area contributed by atoms with Crippen LogP contribution in [-0.2, 0) is 17.1 Å². The molecule has 106 valence electrons. The Morgan fingerprint density at radius 3 is 2.60 bits per heavy atom. The second kappa shape index (κ2) is 5.18. The van der Waals surface area contributed by atoms with Crippen molar-refractivity contribution in [2.75, 3.05) is 4.72 Å². The van der Waals surface area contributed by atoms with Crippen molar-refractivity contribution in [1.82, 2.24) is 4.57 Å². The first kappa shape index (κ1) is 14.4. The molecule has 6 nitrogen and oxygen atoms in total. The van der Waals surface area contributed by atoms with Crippen LogP contribution in [0.15, 0.2) is 41.6 Å². The fraction of sp³-hybridized carbons (Fsp3) is 0.0833. The quantitative estimate of drug-likeness (QED) is 0.905. The second-order valence-electron chi connectivity index (χ2n) is 4.12. The molecule has 0 amide bonds. The zero-order valence-corrected chi connectivity index (χ0v) is 11.9. The molecule has 0 unspecified atom stereocenters. The van der Waals surface area contributed by atoms with Crippen LogP contribution in [0.3, 0.4) is 0 Å². The van der Waals surface area contributed by atoms with Crippen molar-refractivity contribution in [3.63, 3.8) is 0 Å². The number of carboxylic acid groups (broad SMARTS) is 1. The summed E-state index contributed by atoms with van der Waals surface area (Å²) in [6.07, 6.45) is 3.02. The van der Waals surface area contributed by atoms with Gasteiger partial charge in [-0.15, -0.1) is 0 Å². The lowest BCUT2D eigenvalue weighted by atomic mass is 10.2. The van der Waals surface area contributed by atoms with E-state index in [1.54, 1.807) is 17.8 Å². The van der Waals surface area contributed by atoms with Gasteiger partial charge in [-0.25, -0.2) is 13.2 Å². The molecule has 0 radical (unpaired) electrons. The van der Waals surface area contributed by atoms with Gasteiger partial charge in [0.25, 0.3) is 10.0 Å². The molecule has 0 bridgehead atoms. The summed E-state index contributed by atoms with van der Waals surface area (Å²) in [6.45, 7) is 0. The number of sulfonamides is 1. The predicted octanol–water partition coefficient (Wildman–Crippen LogP) is 2.18. The van der Waals surface area contributed by atoms with E-state index in [0.717, 1.165) is 0 Å². The highest BCUT2D eigenvalue weighted by Gasteiger charge is 2.17. The van der Waals surface area contributed by atoms with E-state index in [4.69, 9.17) is 16.7 Å². The van der Waals surface area contributed by atoms with Gasteiger partial charge in [0, 0.05) is 19.4 Å². The van der Waals surface area contributed by atoms with E-state index in [9.17, 15) is 13.2 Å². The lowest BCUT2D eigenvalue weighted by Crippen LogP contribution is -2.13. The Morgan fingerprint density at radius 2 is 2.05 bits per heavy atom. The van der Waals surface area contributed by atoms with Crippen molar-refractivity contribution in [1.29, 1.82) is 0 Å². The first-order chi connectivity index (χ1) is 9.29. The summed E-state index contributed by atoms with van der Waals surface area (Å²) < 4.78 is 28.1. The van der Waals surface area contributed by atoms with Gasteiger partial charge in [-0.05, 0) is 24.3 Å². The van der Waals surface area contributed by atoms with Crippen LogP contribution in [-0.4, -0.2) is 24.1 Å². The lowest BCUT2D eigenvalue weighted by molar-refractivity contribution is 0.0697. The molecular weight excluding hydrogens is 304 g/mol. The van der Waals surface area contributed by atoms with Gasteiger partial charge in [-0.3, -0.25) is 4.72 Å². The first-order valence-corrected chi connectivity index (χ1v) is 7.33. The third-order valence-electron chi connectivity index (χ3n) is 2.57. The molecule has 0 aliphatic carbocycles. The number of carboxylic acids is 1. The standard InChI is InChI=1S/C12H11ClN2O4S/c1-15-5-4-9(7-15)20(18,19)14-11-6-8(12(16)17)2-3-10(11)13/h2-7,14H,1H3,(H,16,17). The zero-order valence-electron chi connectivity index (χ0n) is 10.4. The second-order valence-corrected chi connectivity index (χ2v) is 6.21. The molecule has 20 heavy (non-hydrogen) atoms. The van der Waals surface area contributed by atoms with Gasteiger partial charge >= 0.3 is 5.97 Å². The highest BCUT2D eigenvalue weighted by molar-refractivity contribution is 7.92. The smallest absolute Gasteiger partial charge is 0.335 e. The Kier molecular flexibility index (Phi) is 3.74. The Balaban J connectivity index is 2.39. The molecule has 0 atom stereocenters. The average Bonchev–Trinajstić information content (AvgIpc) is 2.79. The van der Waals surface area contributed by atoms with Crippen LogP contribution < -0.4 is 4.72 Å². The molecule has 0 aliphatic heterocycles. The maximum atomic E-state index is 12.1. The lowest BCUT2D eigenvalue weighted by Gasteiger charge is -2.09. The van der Waals surface area contributed by atoms with Gasteiger partial charge in [-0.1, -0.05) is 11.6 Å². The maximum absolute atomic E-state index is 12.1. The van der Waals surface area contributed by atoms with E-state index in [1.807, 2.05) is 0 Å². The molecule has 0 saturated carbocycles. The van der Waals surface area contributed by atoms with Gasteiger partial charge < -0.3 is 9.67 Å². The number of nitrogens with zero attached hydrogens (tertiary/aromatic N) is 1. The number of rotatable bonds is 4. The van der Waals surface area contributed by atoms with Crippen molar-refractivity contribution in [2.45, 2.75) is 4.90 Å². The van der Waals surface area contributed by atoms with Crippen molar-refractivity contribution < 1.29 is 18.3 Å². The minimum atomic E-state index is -3.81. The number of nitrogens with one attached hydrogen (secondary N) is 1. The summed E-state index contributed by atoms with van der Waals surface area (Å²) in [7, 11) is -2.11. The Bertz CT molecular complexity index is 768. The fourth-order valence-electron chi connectivity index (χ4n) is 1.58. The van der Waals surface area contributed by atoms with Crippen molar-refractivity contribution in [2.24, 2.45) is 7.05 Å². The number of benzene rings is 1. The van der Waals surface area contributed by atoms with Crippen LogP contribution >= 0.6 is 11.6 Å². The third-order valence-corrected chi connectivity index (χ3v) is 4.25. The van der Waals surface area contributed by atoms with Crippen LogP contribution in [0.2, 0.25) is 5.02 Å². The van der Waals surface area contributed by atoms with Gasteiger partial charge in [-0.2, -0.15) is 0 Å². The Hall–Kier alpha value is -1.99. The minimum Gasteiger partial charge on any atom is -0.478 e. The molecule has 0 saturated heterocycles. The van der Waals surface area contributed by atoms with Crippen molar-refractivity contribution in [3.05, 3.63) is 47.2 Å². The fourth-order valence-corrected chi connectivity index (χ4v) is 2.92. The molecule has 0 fully saturated rings. The highest BCUT2D eigenvalue weighted by Crippen LogP contribution is 2.26. The molecular formula is C12H11ClN2O4S. The van der Waals surface area contributed by atoms with Crippen LogP contribution in [0.25, 0.3) is 0 Å². The summed E-state index contributed by atoms with van der Waals surface area (Å²) in [5, 5.41) is 9.02. The predicted molar refractivity (Wildman–Crippen MR) is 74.6 cm³/mol. The summed E-state index contributed by atoms with van der Waals surface area (Å²) in [4.78, 5) is 10.9. The van der Waals surface area contributed by atoms with Crippen molar-refractivity contribution in [3.8, 4) is 0 Å². The van der Waals surface area contributed by atoms with Crippen LogP contribution in [0, 0.1) is 0 Å². The molecule has 2 rings (SSSR count). The van der Waals surface area contributed by atoms with E-state index in [2.05, 4.69) is 4.72 Å². The number of anilines is 1. The van der Waals surface area contributed by atoms with Crippen LogP contribution in [0.1, 0.15) is 10.4 Å². The van der Waals surface area contributed by atoms with Crippen LogP contribution in [0.4, 0.5) is 5.69 Å². The number of halogens is 1. The Labute approximate surface area is 120 Å². The number of aromatic carboxylic acids is 1. The molecule has 2 aromatic rings. The highest BCUT2D eigenvalue weighted by atomic mass is 35.5. The zero-order chi connectivity index (χ0) is 14.9. The van der Waals surface area contributed by atoms with Crippen LogP contribution in [0.5, 0.6) is 0 Å². The monoisotopic (exact) mass is 314 g/mol. The molecule has 1 heterocycles. The normalized spacial score (nSPS) is 11.3. The van der Waals surface area contributed by atoms with Gasteiger partial charge in [0.2, 0.25) is 0 Å². The van der Waals surface area contributed by atoms with Gasteiger partial charge in [0.05, 0.1) is 16.3 Å². The summed E-state index contributed by atoms with van der Waals surface area (Å²) in [5.74, 6) is -1.16. The van der Waals surface area contributed by atoms with E-state index in [0.29, 0.717) is 0 Å². The molecule has 0 spiro atoms. The van der Waals surface area contributed by atoms with Gasteiger partial charge in [0.15, 0.2) is 0 Å². The molecule has 1 aromatic carbocycles. The molecule has 0 aliphatic rings. The van der Waals surface area contributed by atoms with E-state index in [1.165, 1.54) is 30.5 Å².